The normalized spacial score (nSPS) is 33.2. The van der Waals surface area contributed by atoms with Gasteiger partial charge in [-0.1, -0.05) is 6.07 Å². The Morgan fingerprint density at radius 1 is 1.08 bits per heavy atom. The number of hydrogen-bond acceptors (Lipinski definition) is 4. The second kappa shape index (κ2) is 6.45. The molecule has 2 aromatic heterocycles. The van der Waals surface area contributed by atoms with E-state index in [0.29, 0.717) is 17.9 Å². The summed E-state index contributed by atoms with van der Waals surface area (Å²) >= 11 is 3.34. The molecular formula is C18H21ClN2OS2. The number of thiophene rings is 2. The fourth-order valence-corrected chi connectivity index (χ4v) is 6.62. The predicted octanol–water partition coefficient (Wildman–Crippen LogP) is 3.97. The smallest absolute Gasteiger partial charge is 0.261 e. The van der Waals surface area contributed by atoms with Crippen molar-refractivity contribution in [3.63, 3.8) is 0 Å². The Morgan fingerprint density at radius 3 is 2.54 bits per heavy atom. The first-order chi connectivity index (χ1) is 11.3. The van der Waals surface area contributed by atoms with Gasteiger partial charge in [-0.05, 0) is 54.2 Å². The third kappa shape index (κ3) is 2.81. The highest BCUT2D eigenvalue weighted by atomic mass is 35.5. The summed E-state index contributed by atoms with van der Waals surface area (Å²) in [4.78, 5) is 18.6. The van der Waals surface area contributed by atoms with Crippen molar-refractivity contribution in [2.45, 2.75) is 18.9 Å². The van der Waals surface area contributed by atoms with Crippen molar-refractivity contribution in [1.29, 1.82) is 0 Å². The maximum Gasteiger partial charge on any atom is 0.261 e. The molecule has 0 aromatic carbocycles. The third-order valence-corrected chi connectivity index (χ3v) is 7.83. The van der Waals surface area contributed by atoms with Gasteiger partial charge in [0.2, 0.25) is 0 Å². The molecule has 5 heterocycles. The molecule has 0 radical (unpaired) electrons. The highest BCUT2D eigenvalue weighted by Crippen LogP contribution is 2.43. The zero-order valence-electron chi connectivity index (χ0n) is 13.3. The molecule has 3 nitrogen and oxygen atoms in total. The molecule has 1 amide bonds. The van der Waals surface area contributed by atoms with Crippen molar-refractivity contribution >= 4 is 41.0 Å². The fraction of sp³-hybridized carbons (Fsp3) is 0.500. The first-order valence-electron chi connectivity index (χ1n) is 8.43. The van der Waals surface area contributed by atoms with Crippen LogP contribution in [-0.4, -0.2) is 36.5 Å². The van der Waals surface area contributed by atoms with Crippen molar-refractivity contribution in [2.24, 2.45) is 17.8 Å². The number of amides is 1. The molecule has 2 aromatic rings. The zero-order chi connectivity index (χ0) is 15.4. The molecule has 1 N–H and O–H groups in total. The Kier molecular flexibility index (Phi) is 4.45. The van der Waals surface area contributed by atoms with E-state index in [-0.39, 0.29) is 18.3 Å². The Bertz CT molecular complexity index is 699. The van der Waals surface area contributed by atoms with Gasteiger partial charge in [-0.25, -0.2) is 0 Å². The number of rotatable bonds is 3. The van der Waals surface area contributed by atoms with Gasteiger partial charge in [0.15, 0.2) is 0 Å². The minimum Gasteiger partial charge on any atom is -0.348 e. The number of hydrogen-bond donors (Lipinski definition) is 1. The lowest BCUT2D eigenvalue weighted by Crippen LogP contribution is -2.64. The first kappa shape index (κ1) is 16.6. The van der Waals surface area contributed by atoms with Gasteiger partial charge >= 0.3 is 0 Å². The number of halogens is 1. The van der Waals surface area contributed by atoms with Gasteiger partial charge in [0.1, 0.15) is 0 Å². The number of carbonyl (C=O) groups is 1. The fourth-order valence-electron chi connectivity index (χ4n) is 4.88. The quantitative estimate of drug-likeness (QED) is 0.873. The summed E-state index contributed by atoms with van der Waals surface area (Å²) in [6.07, 6.45) is 2.62. The van der Waals surface area contributed by atoms with Gasteiger partial charge < -0.3 is 10.2 Å². The standard InChI is InChI=1S/C18H20N2OS2.ClH/c21-18(16-4-3-15(23-16)14-2-1-5-22-14)19-17-12-6-11-7-13(17)10-20(8-11)9-12;/h1-5,11-13,17H,6-10H2,(H,19,21);1H/t11?,12-,13-,17?;/m0./s1. The van der Waals surface area contributed by atoms with Crippen molar-refractivity contribution in [3.05, 3.63) is 34.5 Å². The average molecular weight is 381 g/mol. The van der Waals surface area contributed by atoms with Gasteiger partial charge in [0.05, 0.1) is 4.88 Å². The summed E-state index contributed by atoms with van der Waals surface area (Å²) in [5.74, 6) is 2.35. The van der Waals surface area contributed by atoms with E-state index in [2.05, 4.69) is 33.8 Å². The first-order valence-corrected chi connectivity index (χ1v) is 10.1. The lowest BCUT2D eigenvalue weighted by Gasteiger charge is -2.55. The van der Waals surface area contributed by atoms with Crippen molar-refractivity contribution in [3.8, 4) is 9.75 Å². The molecule has 4 fully saturated rings. The Hall–Kier alpha value is -0.880. The van der Waals surface area contributed by atoms with E-state index < -0.39 is 0 Å². The summed E-state index contributed by atoms with van der Waals surface area (Å²) in [6.45, 7) is 3.66. The molecule has 6 heteroatoms. The molecule has 3 aliphatic heterocycles. The highest BCUT2D eigenvalue weighted by Gasteiger charge is 2.47. The van der Waals surface area contributed by atoms with Crippen LogP contribution in [0, 0.1) is 17.8 Å². The summed E-state index contributed by atoms with van der Waals surface area (Å²) < 4.78 is 0. The van der Waals surface area contributed by atoms with Gasteiger partial charge in [-0.3, -0.25) is 4.79 Å². The third-order valence-electron chi connectivity index (χ3n) is 5.68. The van der Waals surface area contributed by atoms with Crippen molar-refractivity contribution in [2.75, 3.05) is 19.6 Å². The minimum absolute atomic E-state index is 0. The van der Waals surface area contributed by atoms with E-state index in [1.54, 1.807) is 22.7 Å². The van der Waals surface area contributed by atoms with E-state index in [0.717, 1.165) is 10.8 Å². The van der Waals surface area contributed by atoms with Crippen LogP contribution in [0.3, 0.4) is 0 Å². The predicted molar refractivity (Wildman–Crippen MR) is 102 cm³/mol. The Labute approximate surface area is 156 Å². The monoisotopic (exact) mass is 380 g/mol. The lowest BCUT2D eigenvalue weighted by atomic mass is 9.65. The van der Waals surface area contributed by atoms with Gasteiger partial charge in [0, 0.05) is 35.4 Å². The van der Waals surface area contributed by atoms with Crippen LogP contribution in [0.4, 0.5) is 0 Å². The second-order valence-electron chi connectivity index (χ2n) is 7.22. The van der Waals surface area contributed by atoms with Crippen molar-refractivity contribution in [1.82, 2.24) is 10.2 Å². The summed E-state index contributed by atoms with van der Waals surface area (Å²) in [5.41, 5.74) is 0. The molecule has 6 rings (SSSR count). The van der Waals surface area contributed by atoms with Crippen LogP contribution < -0.4 is 5.32 Å². The summed E-state index contributed by atoms with van der Waals surface area (Å²) in [5, 5.41) is 5.47. The van der Waals surface area contributed by atoms with E-state index in [1.807, 2.05) is 6.07 Å². The minimum atomic E-state index is 0. The number of piperidine rings is 3. The van der Waals surface area contributed by atoms with E-state index in [9.17, 15) is 4.79 Å². The molecule has 2 atom stereocenters. The van der Waals surface area contributed by atoms with Crippen LogP contribution >= 0.6 is 35.1 Å². The number of nitrogens with one attached hydrogen (secondary N) is 1. The van der Waals surface area contributed by atoms with Crippen LogP contribution in [-0.2, 0) is 0 Å². The molecule has 3 saturated heterocycles. The zero-order valence-corrected chi connectivity index (χ0v) is 15.8. The Balaban J connectivity index is 0.00000146. The SMILES string of the molecule is Cl.O=C(NC1[C@H]2CC3C[C@H]1CN(C3)C2)c1ccc(-c2cccs2)s1. The molecule has 0 spiro atoms. The Morgan fingerprint density at radius 2 is 1.88 bits per heavy atom. The lowest BCUT2D eigenvalue weighted by molar-refractivity contribution is -0.0418. The molecule has 4 bridgehead atoms. The van der Waals surface area contributed by atoms with E-state index >= 15 is 0 Å². The van der Waals surface area contributed by atoms with Gasteiger partial charge in [-0.2, -0.15) is 0 Å². The van der Waals surface area contributed by atoms with Crippen LogP contribution in [0.15, 0.2) is 29.6 Å². The van der Waals surface area contributed by atoms with Gasteiger partial charge in [-0.15, -0.1) is 35.1 Å². The van der Waals surface area contributed by atoms with E-state index in [1.165, 1.54) is 42.2 Å². The highest BCUT2D eigenvalue weighted by molar-refractivity contribution is 7.22. The van der Waals surface area contributed by atoms with Crippen molar-refractivity contribution < 1.29 is 4.79 Å². The number of nitrogens with zero attached hydrogens (tertiary/aromatic N) is 1. The largest absolute Gasteiger partial charge is 0.348 e. The van der Waals surface area contributed by atoms with Crippen LogP contribution in [0.1, 0.15) is 22.5 Å². The van der Waals surface area contributed by atoms with E-state index in [4.69, 9.17) is 0 Å². The van der Waals surface area contributed by atoms with Gasteiger partial charge in [0.25, 0.3) is 5.91 Å². The molecule has 1 aliphatic carbocycles. The molecular weight excluding hydrogens is 360 g/mol. The maximum absolute atomic E-state index is 12.7. The second-order valence-corrected chi connectivity index (χ2v) is 9.25. The maximum atomic E-state index is 12.7. The molecule has 24 heavy (non-hydrogen) atoms. The molecule has 128 valence electrons. The van der Waals surface area contributed by atoms with Crippen LogP contribution in [0.2, 0.25) is 0 Å². The topological polar surface area (TPSA) is 32.3 Å². The number of carbonyl (C=O) groups excluding carboxylic acids is 1. The average Bonchev–Trinajstić information content (AvgIpc) is 3.20. The summed E-state index contributed by atoms with van der Waals surface area (Å²) in [7, 11) is 0. The molecule has 1 saturated carbocycles. The summed E-state index contributed by atoms with van der Waals surface area (Å²) in [6, 6.07) is 8.62. The van der Waals surface area contributed by atoms with Crippen LogP contribution in [0.5, 0.6) is 0 Å². The van der Waals surface area contributed by atoms with Crippen LogP contribution in [0.25, 0.3) is 9.75 Å². The molecule has 4 aliphatic rings. The molecule has 0 unspecified atom stereocenters.